The third-order valence-corrected chi connectivity index (χ3v) is 5.42. The van der Waals surface area contributed by atoms with Gasteiger partial charge in [-0.25, -0.2) is 26.6 Å². The molecule has 0 bridgehead atoms. The van der Waals surface area contributed by atoms with E-state index in [9.17, 15) is 21.6 Å². The molecule has 0 atom stereocenters. The summed E-state index contributed by atoms with van der Waals surface area (Å²) in [5, 5.41) is 0. The molecule has 2 aromatic carbocycles. The van der Waals surface area contributed by atoms with Crippen LogP contribution < -0.4 is 4.72 Å². The fraction of sp³-hybridized carbons (Fsp3) is 0.105. The number of anilines is 1. The molecule has 0 spiro atoms. The van der Waals surface area contributed by atoms with E-state index in [2.05, 4.69) is 9.71 Å². The minimum Gasteiger partial charge on any atom is -0.263 e. The zero-order chi connectivity index (χ0) is 19.8. The SMILES string of the molecule is Cc1cccc(NS(=O)(=O)c2ccc(-c3cc(F)c(F)c(F)c3)cc2C)n1. The van der Waals surface area contributed by atoms with E-state index in [0.717, 1.165) is 12.1 Å². The van der Waals surface area contributed by atoms with Crippen molar-refractivity contribution in [2.24, 2.45) is 0 Å². The molecule has 0 aliphatic carbocycles. The Morgan fingerprint density at radius 1 is 0.889 bits per heavy atom. The molecule has 27 heavy (non-hydrogen) atoms. The summed E-state index contributed by atoms with van der Waals surface area (Å²) in [6.07, 6.45) is 0. The maximum atomic E-state index is 13.4. The maximum absolute atomic E-state index is 13.4. The number of aromatic nitrogens is 1. The number of pyridine rings is 1. The van der Waals surface area contributed by atoms with Crippen LogP contribution >= 0.6 is 0 Å². The molecule has 1 aromatic heterocycles. The van der Waals surface area contributed by atoms with Gasteiger partial charge in [-0.3, -0.25) is 4.72 Å². The van der Waals surface area contributed by atoms with Crippen molar-refractivity contribution >= 4 is 15.8 Å². The van der Waals surface area contributed by atoms with Crippen LogP contribution in [0, 0.1) is 31.3 Å². The summed E-state index contributed by atoms with van der Waals surface area (Å²) >= 11 is 0. The Morgan fingerprint density at radius 3 is 2.15 bits per heavy atom. The lowest BCUT2D eigenvalue weighted by atomic mass is 10.0. The van der Waals surface area contributed by atoms with Crippen LogP contribution in [-0.2, 0) is 10.0 Å². The van der Waals surface area contributed by atoms with E-state index in [1.54, 1.807) is 26.0 Å². The van der Waals surface area contributed by atoms with Gasteiger partial charge in [-0.15, -0.1) is 0 Å². The molecule has 0 saturated heterocycles. The quantitative estimate of drug-likeness (QED) is 0.661. The molecule has 0 amide bonds. The summed E-state index contributed by atoms with van der Waals surface area (Å²) in [7, 11) is -3.90. The van der Waals surface area contributed by atoms with Gasteiger partial charge in [-0.1, -0.05) is 18.2 Å². The highest BCUT2D eigenvalue weighted by Crippen LogP contribution is 2.28. The lowest BCUT2D eigenvalue weighted by molar-refractivity contribution is 0.447. The van der Waals surface area contributed by atoms with Crippen LogP contribution in [0.25, 0.3) is 11.1 Å². The van der Waals surface area contributed by atoms with Crippen molar-refractivity contribution in [2.45, 2.75) is 18.7 Å². The number of nitrogens with zero attached hydrogens (tertiary/aromatic N) is 1. The molecule has 0 fully saturated rings. The van der Waals surface area contributed by atoms with Crippen molar-refractivity contribution in [3.8, 4) is 11.1 Å². The fourth-order valence-corrected chi connectivity index (χ4v) is 3.87. The number of hydrogen-bond acceptors (Lipinski definition) is 3. The number of sulfonamides is 1. The van der Waals surface area contributed by atoms with E-state index in [0.29, 0.717) is 16.8 Å². The Bertz CT molecular complexity index is 1110. The second-order valence-electron chi connectivity index (χ2n) is 6.00. The van der Waals surface area contributed by atoms with Gasteiger partial charge in [0.1, 0.15) is 5.82 Å². The Morgan fingerprint density at radius 2 is 1.56 bits per heavy atom. The van der Waals surface area contributed by atoms with Crippen LogP contribution in [0.5, 0.6) is 0 Å². The monoisotopic (exact) mass is 392 g/mol. The Labute approximate surface area is 154 Å². The van der Waals surface area contributed by atoms with Crippen LogP contribution in [0.4, 0.5) is 19.0 Å². The first-order valence-corrected chi connectivity index (χ1v) is 9.38. The number of halogens is 3. The minimum atomic E-state index is -3.90. The maximum Gasteiger partial charge on any atom is 0.263 e. The zero-order valence-corrected chi connectivity index (χ0v) is 15.2. The van der Waals surface area contributed by atoms with Crippen LogP contribution in [0.2, 0.25) is 0 Å². The second kappa shape index (κ2) is 7.03. The first-order valence-electron chi connectivity index (χ1n) is 7.89. The number of aryl methyl sites for hydroxylation is 2. The van der Waals surface area contributed by atoms with E-state index < -0.39 is 27.5 Å². The van der Waals surface area contributed by atoms with Crippen molar-refractivity contribution in [1.29, 1.82) is 0 Å². The molecular weight excluding hydrogens is 377 g/mol. The predicted molar refractivity (Wildman–Crippen MR) is 96.3 cm³/mol. The highest BCUT2D eigenvalue weighted by Gasteiger charge is 2.19. The van der Waals surface area contributed by atoms with Crippen LogP contribution in [0.15, 0.2) is 53.4 Å². The molecule has 0 aliphatic heterocycles. The molecule has 0 radical (unpaired) electrons. The largest absolute Gasteiger partial charge is 0.263 e. The third kappa shape index (κ3) is 3.95. The predicted octanol–water partition coefficient (Wildman–Crippen LogP) is 4.58. The summed E-state index contributed by atoms with van der Waals surface area (Å²) in [5.74, 6) is -4.00. The number of hydrogen-bond donors (Lipinski definition) is 1. The first kappa shape index (κ1) is 18.9. The number of benzene rings is 2. The fourth-order valence-electron chi connectivity index (χ4n) is 2.65. The van der Waals surface area contributed by atoms with Crippen molar-refractivity contribution < 1.29 is 21.6 Å². The number of nitrogens with one attached hydrogen (secondary N) is 1. The summed E-state index contributed by atoms with van der Waals surface area (Å²) in [6, 6.07) is 10.8. The third-order valence-electron chi connectivity index (χ3n) is 3.91. The van der Waals surface area contributed by atoms with Gasteiger partial charge < -0.3 is 0 Å². The summed E-state index contributed by atoms with van der Waals surface area (Å²) in [6.45, 7) is 3.29. The van der Waals surface area contributed by atoms with Gasteiger partial charge in [-0.05, 0) is 60.9 Å². The van der Waals surface area contributed by atoms with Crippen LogP contribution in [0.1, 0.15) is 11.3 Å². The minimum absolute atomic E-state index is 0.00221. The van der Waals surface area contributed by atoms with E-state index in [1.165, 1.54) is 24.3 Å². The van der Waals surface area contributed by atoms with E-state index in [-0.39, 0.29) is 16.3 Å². The van der Waals surface area contributed by atoms with Gasteiger partial charge in [0.25, 0.3) is 10.0 Å². The highest BCUT2D eigenvalue weighted by atomic mass is 32.2. The van der Waals surface area contributed by atoms with Gasteiger partial charge in [0.2, 0.25) is 0 Å². The average Bonchev–Trinajstić information content (AvgIpc) is 2.58. The molecule has 1 heterocycles. The smallest absolute Gasteiger partial charge is 0.263 e. The van der Waals surface area contributed by atoms with E-state index in [4.69, 9.17) is 0 Å². The van der Waals surface area contributed by atoms with Crippen LogP contribution in [0.3, 0.4) is 0 Å². The standard InChI is InChI=1S/C19H15F3N2O2S/c1-11-8-13(14-9-15(20)19(22)16(21)10-14)6-7-17(11)27(25,26)24-18-5-3-4-12(2)23-18/h3-10H,1-2H3,(H,23,24). The van der Waals surface area contributed by atoms with Crippen molar-refractivity contribution in [3.63, 3.8) is 0 Å². The van der Waals surface area contributed by atoms with Gasteiger partial charge in [0, 0.05) is 5.69 Å². The number of rotatable bonds is 4. The molecule has 3 rings (SSSR count). The molecule has 3 aromatic rings. The zero-order valence-electron chi connectivity index (χ0n) is 14.4. The van der Waals surface area contributed by atoms with Gasteiger partial charge in [0.15, 0.2) is 17.5 Å². The van der Waals surface area contributed by atoms with Gasteiger partial charge in [0.05, 0.1) is 4.90 Å². The van der Waals surface area contributed by atoms with Crippen molar-refractivity contribution in [2.75, 3.05) is 4.72 Å². The summed E-state index contributed by atoms with van der Waals surface area (Å²) < 4.78 is 67.6. The van der Waals surface area contributed by atoms with E-state index in [1.807, 2.05) is 0 Å². The van der Waals surface area contributed by atoms with Gasteiger partial charge in [-0.2, -0.15) is 0 Å². The van der Waals surface area contributed by atoms with Crippen LogP contribution in [-0.4, -0.2) is 13.4 Å². The molecule has 0 saturated carbocycles. The Hall–Kier alpha value is -2.87. The lowest BCUT2D eigenvalue weighted by Gasteiger charge is -2.12. The summed E-state index contributed by atoms with van der Waals surface area (Å²) in [4.78, 5) is 4.09. The average molecular weight is 392 g/mol. The summed E-state index contributed by atoms with van der Waals surface area (Å²) in [5.41, 5.74) is 1.48. The second-order valence-corrected chi connectivity index (χ2v) is 7.65. The topological polar surface area (TPSA) is 59.1 Å². The molecule has 4 nitrogen and oxygen atoms in total. The normalized spacial score (nSPS) is 11.4. The molecular formula is C19H15F3N2O2S. The Kier molecular flexibility index (Phi) is 4.93. The Balaban J connectivity index is 1.97. The van der Waals surface area contributed by atoms with Crippen molar-refractivity contribution in [1.82, 2.24) is 4.98 Å². The highest BCUT2D eigenvalue weighted by molar-refractivity contribution is 7.92. The lowest BCUT2D eigenvalue weighted by Crippen LogP contribution is -2.15. The van der Waals surface area contributed by atoms with E-state index >= 15 is 0 Å². The molecule has 140 valence electrons. The molecule has 0 aliphatic rings. The molecule has 8 heteroatoms. The van der Waals surface area contributed by atoms with Gasteiger partial charge >= 0.3 is 0 Å². The van der Waals surface area contributed by atoms with Crippen molar-refractivity contribution in [3.05, 3.63) is 77.2 Å². The molecule has 0 unspecified atom stereocenters. The first-order chi connectivity index (χ1) is 12.7. The molecule has 1 N–H and O–H groups in total.